The lowest BCUT2D eigenvalue weighted by atomic mass is 9.97. The molecule has 0 spiro atoms. The van der Waals surface area contributed by atoms with Crippen LogP contribution in [0, 0.1) is 0 Å². The molecule has 1 fully saturated rings. The molecule has 1 atom stereocenters. The fourth-order valence-corrected chi connectivity index (χ4v) is 3.48. The van der Waals surface area contributed by atoms with Gasteiger partial charge in [0.05, 0.1) is 12.6 Å². The van der Waals surface area contributed by atoms with Gasteiger partial charge in [-0.1, -0.05) is 50.3 Å². The lowest BCUT2D eigenvalue weighted by Crippen LogP contribution is -2.40. The molecule has 24 heavy (non-hydrogen) atoms. The summed E-state index contributed by atoms with van der Waals surface area (Å²) in [6.45, 7) is 2.35. The average Bonchev–Trinajstić information content (AvgIpc) is 2.98. The fraction of sp³-hybridized carbons (Fsp3) is 0.550. The van der Waals surface area contributed by atoms with Crippen LogP contribution in [-0.2, 0) is 4.79 Å². The molecule has 0 bridgehead atoms. The first kappa shape index (κ1) is 17.0. The first-order chi connectivity index (χ1) is 11.7. The van der Waals surface area contributed by atoms with Crippen LogP contribution in [0.5, 0.6) is 0 Å². The lowest BCUT2D eigenvalue weighted by molar-refractivity contribution is -0.121. The molecule has 1 amide bonds. The van der Waals surface area contributed by atoms with E-state index in [9.17, 15) is 4.79 Å². The number of benzene rings is 1. The average molecular weight is 328 g/mol. The third-order valence-corrected chi connectivity index (χ3v) is 4.91. The summed E-state index contributed by atoms with van der Waals surface area (Å²) in [4.78, 5) is 12.2. The number of amides is 1. The second-order valence-corrected chi connectivity index (χ2v) is 6.90. The molecule has 0 unspecified atom stereocenters. The summed E-state index contributed by atoms with van der Waals surface area (Å²) < 4.78 is 5.82. The number of nitrogens with one attached hydrogen (secondary N) is 2. The van der Waals surface area contributed by atoms with Crippen molar-refractivity contribution in [3.05, 3.63) is 36.1 Å². The topological polar surface area (TPSA) is 54.3 Å². The third kappa shape index (κ3) is 4.60. The van der Waals surface area contributed by atoms with Crippen LogP contribution in [-0.4, -0.2) is 18.5 Å². The van der Waals surface area contributed by atoms with Gasteiger partial charge in [0.1, 0.15) is 11.3 Å². The quantitative estimate of drug-likeness (QED) is 0.860. The van der Waals surface area contributed by atoms with E-state index in [2.05, 4.69) is 10.6 Å². The van der Waals surface area contributed by atoms with E-state index in [1.165, 1.54) is 44.9 Å². The van der Waals surface area contributed by atoms with E-state index >= 15 is 0 Å². The summed E-state index contributed by atoms with van der Waals surface area (Å²) in [6.07, 6.45) is 8.94. The van der Waals surface area contributed by atoms with Gasteiger partial charge >= 0.3 is 0 Å². The minimum absolute atomic E-state index is 0.0324. The Morgan fingerprint density at radius 3 is 2.62 bits per heavy atom. The summed E-state index contributed by atoms with van der Waals surface area (Å²) in [5.74, 6) is 0.834. The van der Waals surface area contributed by atoms with Crippen molar-refractivity contribution in [3.63, 3.8) is 0 Å². The third-order valence-electron chi connectivity index (χ3n) is 4.91. The summed E-state index contributed by atoms with van der Waals surface area (Å²) in [5, 5.41) is 7.53. The van der Waals surface area contributed by atoms with Gasteiger partial charge in [0.15, 0.2) is 0 Å². The SMILES string of the molecule is C[C@@H](NC(=O)CNC1CCCCCCC1)c1cc2ccccc2o1. The van der Waals surface area contributed by atoms with Crippen molar-refractivity contribution in [1.29, 1.82) is 0 Å². The molecule has 1 saturated carbocycles. The number of rotatable bonds is 5. The van der Waals surface area contributed by atoms with E-state index in [-0.39, 0.29) is 11.9 Å². The standard InChI is InChI=1S/C20H28N2O2/c1-15(19-13-16-9-7-8-12-18(16)24-19)22-20(23)14-21-17-10-5-3-2-4-6-11-17/h7-9,12-13,15,17,21H,2-6,10-11,14H2,1H3,(H,22,23)/t15-/m1/s1. The number of carbonyl (C=O) groups is 1. The predicted octanol–water partition coefficient (Wildman–Crippen LogP) is 4.31. The highest BCUT2D eigenvalue weighted by Gasteiger charge is 2.16. The highest BCUT2D eigenvalue weighted by Crippen LogP contribution is 2.23. The second-order valence-electron chi connectivity index (χ2n) is 6.90. The molecule has 4 nitrogen and oxygen atoms in total. The van der Waals surface area contributed by atoms with Crippen molar-refractivity contribution in [2.24, 2.45) is 0 Å². The van der Waals surface area contributed by atoms with Crippen LogP contribution >= 0.6 is 0 Å². The van der Waals surface area contributed by atoms with Crippen molar-refractivity contribution in [2.75, 3.05) is 6.54 Å². The molecular formula is C20H28N2O2. The molecule has 1 heterocycles. The van der Waals surface area contributed by atoms with Crippen LogP contribution in [0.4, 0.5) is 0 Å². The fourth-order valence-electron chi connectivity index (χ4n) is 3.48. The number of carbonyl (C=O) groups excluding carboxylic acids is 1. The Morgan fingerprint density at radius 1 is 1.17 bits per heavy atom. The van der Waals surface area contributed by atoms with E-state index in [0.29, 0.717) is 12.6 Å². The van der Waals surface area contributed by atoms with Gasteiger partial charge in [0.25, 0.3) is 0 Å². The molecule has 4 heteroatoms. The predicted molar refractivity (Wildman–Crippen MR) is 96.9 cm³/mol. The van der Waals surface area contributed by atoms with Crippen LogP contribution in [0.1, 0.15) is 63.7 Å². The molecule has 1 aliphatic rings. The second kappa shape index (κ2) is 8.34. The van der Waals surface area contributed by atoms with Gasteiger partial charge in [0, 0.05) is 11.4 Å². The zero-order valence-corrected chi connectivity index (χ0v) is 14.5. The Bertz CT molecular complexity index is 623. The molecular weight excluding hydrogens is 300 g/mol. The Morgan fingerprint density at radius 2 is 1.88 bits per heavy atom. The van der Waals surface area contributed by atoms with Gasteiger partial charge in [0.2, 0.25) is 5.91 Å². The van der Waals surface area contributed by atoms with Gasteiger partial charge < -0.3 is 15.1 Å². The summed E-state index contributed by atoms with van der Waals surface area (Å²) >= 11 is 0. The van der Waals surface area contributed by atoms with Crippen LogP contribution in [0.15, 0.2) is 34.7 Å². The summed E-state index contributed by atoms with van der Waals surface area (Å²) in [7, 11) is 0. The first-order valence-electron chi connectivity index (χ1n) is 9.23. The zero-order chi connectivity index (χ0) is 16.8. The molecule has 0 aliphatic heterocycles. The smallest absolute Gasteiger partial charge is 0.234 e. The molecule has 3 rings (SSSR count). The molecule has 1 aliphatic carbocycles. The van der Waals surface area contributed by atoms with Crippen molar-refractivity contribution in [1.82, 2.24) is 10.6 Å². The number of para-hydroxylation sites is 1. The summed E-state index contributed by atoms with van der Waals surface area (Å²) in [6, 6.07) is 10.3. The molecule has 1 aromatic carbocycles. The Hall–Kier alpha value is -1.81. The van der Waals surface area contributed by atoms with E-state index < -0.39 is 0 Å². The highest BCUT2D eigenvalue weighted by molar-refractivity contribution is 5.80. The van der Waals surface area contributed by atoms with Gasteiger partial charge in [-0.3, -0.25) is 4.79 Å². The number of furan rings is 1. The van der Waals surface area contributed by atoms with Crippen molar-refractivity contribution >= 4 is 16.9 Å². The summed E-state index contributed by atoms with van der Waals surface area (Å²) in [5.41, 5.74) is 0.862. The molecule has 1 aromatic heterocycles. The minimum atomic E-state index is -0.121. The normalized spacial score (nSPS) is 18.0. The lowest BCUT2D eigenvalue weighted by Gasteiger charge is -2.21. The van der Waals surface area contributed by atoms with Gasteiger partial charge in [-0.15, -0.1) is 0 Å². The molecule has 0 saturated heterocycles. The van der Waals surface area contributed by atoms with Gasteiger partial charge in [-0.2, -0.15) is 0 Å². The van der Waals surface area contributed by atoms with Crippen LogP contribution < -0.4 is 10.6 Å². The Kier molecular flexibility index (Phi) is 5.91. The van der Waals surface area contributed by atoms with Crippen molar-refractivity contribution < 1.29 is 9.21 Å². The molecule has 2 aromatic rings. The maximum Gasteiger partial charge on any atom is 0.234 e. The monoisotopic (exact) mass is 328 g/mol. The van der Waals surface area contributed by atoms with E-state index in [4.69, 9.17) is 4.42 Å². The van der Waals surface area contributed by atoms with Crippen LogP contribution in [0.3, 0.4) is 0 Å². The number of hydrogen-bond donors (Lipinski definition) is 2. The molecule has 2 N–H and O–H groups in total. The zero-order valence-electron chi connectivity index (χ0n) is 14.5. The molecule has 130 valence electrons. The van der Waals surface area contributed by atoms with E-state index in [0.717, 1.165) is 16.7 Å². The van der Waals surface area contributed by atoms with E-state index in [1.807, 2.05) is 37.3 Å². The Balaban J connectivity index is 1.48. The maximum absolute atomic E-state index is 12.2. The van der Waals surface area contributed by atoms with Crippen LogP contribution in [0.2, 0.25) is 0 Å². The highest BCUT2D eigenvalue weighted by atomic mass is 16.3. The van der Waals surface area contributed by atoms with E-state index in [1.54, 1.807) is 0 Å². The van der Waals surface area contributed by atoms with Crippen molar-refractivity contribution in [2.45, 2.75) is 64.0 Å². The number of hydrogen-bond acceptors (Lipinski definition) is 3. The Labute approximate surface area is 144 Å². The number of fused-ring (bicyclic) bond motifs is 1. The largest absolute Gasteiger partial charge is 0.459 e. The molecule has 0 radical (unpaired) electrons. The maximum atomic E-state index is 12.2. The van der Waals surface area contributed by atoms with Crippen LogP contribution in [0.25, 0.3) is 11.0 Å². The minimum Gasteiger partial charge on any atom is -0.459 e. The van der Waals surface area contributed by atoms with Gasteiger partial charge in [-0.05, 0) is 31.9 Å². The first-order valence-corrected chi connectivity index (χ1v) is 9.23. The van der Waals surface area contributed by atoms with Gasteiger partial charge in [-0.25, -0.2) is 0 Å². The van der Waals surface area contributed by atoms with Crippen molar-refractivity contribution in [3.8, 4) is 0 Å².